The Hall–Kier alpha value is -0.660. The summed E-state index contributed by atoms with van der Waals surface area (Å²) >= 11 is 2.18. The zero-order valence-corrected chi connectivity index (χ0v) is 12.0. The highest BCUT2D eigenvalue weighted by Crippen LogP contribution is 2.12. The summed E-state index contributed by atoms with van der Waals surface area (Å²) in [5.41, 5.74) is 2.54. The van der Waals surface area contributed by atoms with Gasteiger partial charge in [0.2, 0.25) is 5.91 Å². The lowest BCUT2D eigenvalue weighted by molar-refractivity contribution is -0.152. The average molecular weight is 349 g/mol. The molecule has 0 aliphatic rings. The molecule has 0 saturated heterocycles. The molecule has 5 heteroatoms. The van der Waals surface area contributed by atoms with Gasteiger partial charge in [-0.15, -0.1) is 0 Å². The third kappa shape index (κ3) is 5.01. The van der Waals surface area contributed by atoms with Gasteiger partial charge in [0, 0.05) is 3.57 Å². The van der Waals surface area contributed by atoms with Gasteiger partial charge in [0.25, 0.3) is 0 Å². The fourth-order valence-electron chi connectivity index (χ4n) is 1.08. The Labute approximate surface area is 114 Å². The van der Waals surface area contributed by atoms with Crippen LogP contribution in [0.2, 0.25) is 0 Å². The number of carbonyl (C=O) groups excluding carboxylic acids is 1. The maximum atomic E-state index is 11.6. The third-order valence-corrected chi connectivity index (χ3v) is 3.18. The van der Waals surface area contributed by atoms with Crippen molar-refractivity contribution in [2.45, 2.75) is 25.9 Å². The first-order valence-electron chi connectivity index (χ1n) is 5.26. The smallest absolute Gasteiger partial charge is 0.248 e. The van der Waals surface area contributed by atoms with Crippen molar-refractivity contribution in [2.75, 3.05) is 6.61 Å². The van der Waals surface area contributed by atoms with E-state index >= 15 is 0 Å². The molecular weight excluding hydrogens is 333 g/mol. The van der Waals surface area contributed by atoms with Gasteiger partial charge in [0.1, 0.15) is 5.60 Å². The summed E-state index contributed by atoms with van der Waals surface area (Å²) in [5.74, 6) is -0.226. The van der Waals surface area contributed by atoms with Gasteiger partial charge in [-0.2, -0.15) is 0 Å². The van der Waals surface area contributed by atoms with Gasteiger partial charge in [0.15, 0.2) is 0 Å². The number of halogens is 1. The fraction of sp³-hybridized carbons (Fsp3) is 0.417. The number of hydrogen-bond acceptors (Lipinski definition) is 3. The second-order valence-electron chi connectivity index (χ2n) is 4.31. The van der Waals surface area contributed by atoms with Gasteiger partial charge in [-0.1, -0.05) is 18.2 Å². The van der Waals surface area contributed by atoms with Crippen molar-refractivity contribution in [3.8, 4) is 0 Å². The number of amides is 1. The predicted molar refractivity (Wildman–Crippen MR) is 73.3 cm³/mol. The Kier molecular flexibility index (Phi) is 5.35. The summed E-state index contributed by atoms with van der Waals surface area (Å²) in [6, 6.07) is 7.66. The molecule has 0 fully saturated rings. The molecule has 0 saturated carbocycles. The van der Waals surface area contributed by atoms with E-state index in [1.807, 2.05) is 24.3 Å². The first-order valence-corrected chi connectivity index (χ1v) is 6.33. The van der Waals surface area contributed by atoms with E-state index in [1.165, 1.54) is 0 Å². The van der Waals surface area contributed by atoms with Crippen LogP contribution in [0.25, 0.3) is 0 Å². The Morgan fingerprint density at radius 3 is 2.71 bits per heavy atom. The molecule has 17 heavy (non-hydrogen) atoms. The Balaban J connectivity index is 2.48. The number of rotatable bonds is 5. The third-order valence-electron chi connectivity index (χ3n) is 2.13. The number of hydrogen-bond donors (Lipinski definition) is 2. The van der Waals surface area contributed by atoms with Crippen LogP contribution < -0.4 is 5.48 Å². The van der Waals surface area contributed by atoms with E-state index in [2.05, 4.69) is 28.1 Å². The van der Waals surface area contributed by atoms with Crippen LogP contribution in [-0.2, 0) is 16.1 Å². The molecule has 1 rings (SSSR count). The summed E-state index contributed by atoms with van der Waals surface area (Å²) in [6.07, 6.45) is 0.265. The predicted octanol–water partition coefficient (Wildman–Crippen LogP) is 1.65. The molecule has 1 amide bonds. The van der Waals surface area contributed by atoms with Crippen molar-refractivity contribution < 1.29 is 14.7 Å². The van der Waals surface area contributed by atoms with E-state index in [9.17, 15) is 4.79 Å². The first kappa shape index (κ1) is 14.4. The lowest BCUT2D eigenvalue weighted by Gasteiger charge is -2.21. The van der Waals surface area contributed by atoms with Gasteiger partial charge in [-0.25, -0.2) is 5.48 Å². The molecule has 94 valence electrons. The van der Waals surface area contributed by atoms with Crippen molar-refractivity contribution >= 4 is 28.5 Å². The summed E-state index contributed by atoms with van der Waals surface area (Å²) in [4.78, 5) is 16.7. The van der Waals surface area contributed by atoms with E-state index in [0.717, 1.165) is 9.13 Å². The molecule has 0 aromatic heterocycles. The highest BCUT2D eigenvalue weighted by Gasteiger charge is 2.19. The lowest BCUT2D eigenvalue weighted by Crippen LogP contribution is -2.39. The maximum absolute atomic E-state index is 11.6. The summed E-state index contributed by atoms with van der Waals surface area (Å²) in [6.45, 7) is 3.23. The quantitative estimate of drug-likeness (QED) is 0.628. The molecule has 4 nitrogen and oxygen atoms in total. The van der Waals surface area contributed by atoms with Crippen LogP contribution in [0.15, 0.2) is 24.3 Å². The minimum absolute atomic E-state index is 0.157. The number of hydroxylamine groups is 1. The first-order chi connectivity index (χ1) is 7.94. The highest BCUT2D eigenvalue weighted by molar-refractivity contribution is 14.1. The zero-order chi connectivity index (χ0) is 12.9. The van der Waals surface area contributed by atoms with Gasteiger partial charge in [0.05, 0.1) is 13.0 Å². The molecular formula is C12H16INO3. The molecule has 0 spiro atoms. The van der Waals surface area contributed by atoms with Gasteiger partial charge in [-0.3, -0.25) is 9.63 Å². The van der Waals surface area contributed by atoms with Gasteiger partial charge >= 0.3 is 0 Å². The largest absolute Gasteiger partial charge is 0.393 e. The number of carbonyl (C=O) groups is 1. The van der Waals surface area contributed by atoms with Gasteiger partial charge < -0.3 is 5.11 Å². The van der Waals surface area contributed by atoms with Crippen LogP contribution in [0.4, 0.5) is 0 Å². The topological polar surface area (TPSA) is 58.6 Å². The van der Waals surface area contributed by atoms with Crippen LogP contribution in [0.5, 0.6) is 0 Å². The molecule has 0 aliphatic carbocycles. The monoisotopic (exact) mass is 349 g/mol. The number of nitrogens with one attached hydrogen (secondary N) is 1. The van der Waals surface area contributed by atoms with Crippen molar-refractivity contribution in [2.24, 2.45) is 0 Å². The standard InChI is InChI=1S/C12H16INO3/c1-12(2,8-15)17-14-11(16)7-9-5-3-4-6-10(9)13/h3-6,15H,7-8H2,1-2H3,(H,14,16). The summed E-state index contributed by atoms with van der Waals surface area (Å²) in [7, 11) is 0. The Morgan fingerprint density at radius 1 is 1.47 bits per heavy atom. The Bertz CT molecular complexity index is 393. The van der Waals surface area contributed by atoms with E-state index < -0.39 is 5.60 Å². The van der Waals surface area contributed by atoms with Crippen LogP contribution in [0.3, 0.4) is 0 Å². The molecule has 0 aliphatic heterocycles. The van der Waals surface area contributed by atoms with Crippen LogP contribution >= 0.6 is 22.6 Å². The molecule has 0 radical (unpaired) electrons. The molecule has 1 aromatic rings. The van der Waals surface area contributed by atoms with E-state index in [1.54, 1.807) is 13.8 Å². The van der Waals surface area contributed by atoms with Crippen LogP contribution in [-0.4, -0.2) is 23.2 Å². The lowest BCUT2D eigenvalue weighted by atomic mass is 10.1. The Morgan fingerprint density at radius 2 is 2.12 bits per heavy atom. The van der Waals surface area contributed by atoms with Crippen molar-refractivity contribution in [1.82, 2.24) is 5.48 Å². The van der Waals surface area contributed by atoms with Crippen LogP contribution in [0, 0.1) is 3.57 Å². The molecule has 0 heterocycles. The maximum Gasteiger partial charge on any atom is 0.248 e. The van der Waals surface area contributed by atoms with E-state index in [-0.39, 0.29) is 18.9 Å². The number of benzene rings is 1. The average Bonchev–Trinajstić information content (AvgIpc) is 2.30. The summed E-state index contributed by atoms with van der Waals surface area (Å²) in [5, 5.41) is 8.96. The number of aliphatic hydroxyl groups excluding tert-OH is 1. The SMILES string of the molecule is CC(C)(CO)ONC(=O)Cc1ccccc1I. The molecule has 1 aromatic carbocycles. The summed E-state index contributed by atoms with van der Waals surface area (Å²) < 4.78 is 1.04. The zero-order valence-electron chi connectivity index (χ0n) is 9.87. The normalized spacial score (nSPS) is 11.3. The van der Waals surface area contributed by atoms with E-state index in [0.29, 0.717) is 0 Å². The molecule has 2 N–H and O–H groups in total. The minimum atomic E-state index is -0.764. The highest BCUT2D eigenvalue weighted by atomic mass is 127. The van der Waals surface area contributed by atoms with Crippen molar-refractivity contribution in [3.63, 3.8) is 0 Å². The molecule has 0 atom stereocenters. The second kappa shape index (κ2) is 6.32. The minimum Gasteiger partial charge on any atom is -0.393 e. The van der Waals surface area contributed by atoms with Crippen LogP contribution in [0.1, 0.15) is 19.4 Å². The van der Waals surface area contributed by atoms with Gasteiger partial charge in [-0.05, 0) is 48.1 Å². The molecule has 0 bridgehead atoms. The fourth-order valence-corrected chi connectivity index (χ4v) is 1.66. The second-order valence-corrected chi connectivity index (χ2v) is 5.48. The van der Waals surface area contributed by atoms with Crippen molar-refractivity contribution in [1.29, 1.82) is 0 Å². The van der Waals surface area contributed by atoms with E-state index in [4.69, 9.17) is 9.94 Å². The van der Waals surface area contributed by atoms with Crippen molar-refractivity contribution in [3.05, 3.63) is 33.4 Å². The molecule has 0 unspecified atom stereocenters. The number of aliphatic hydroxyl groups is 1.